The van der Waals surface area contributed by atoms with E-state index in [9.17, 15) is 4.79 Å². The third-order valence-corrected chi connectivity index (χ3v) is 4.24. The van der Waals surface area contributed by atoms with Crippen molar-refractivity contribution in [1.29, 1.82) is 0 Å². The minimum absolute atomic E-state index is 0.0210. The normalized spacial score (nSPS) is 19.2. The van der Waals surface area contributed by atoms with Gasteiger partial charge < -0.3 is 4.74 Å². The van der Waals surface area contributed by atoms with Crippen molar-refractivity contribution in [2.24, 2.45) is 0 Å². The molecule has 0 N–H and O–H groups in total. The highest BCUT2D eigenvalue weighted by Crippen LogP contribution is 2.47. The minimum Gasteiger partial charge on any atom is -0.471 e. The van der Waals surface area contributed by atoms with E-state index in [1.165, 1.54) is 0 Å². The van der Waals surface area contributed by atoms with Crippen molar-refractivity contribution in [3.05, 3.63) is 63.1 Å². The molecule has 2 aromatic rings. The van der Waals surface area contributed by atoms with E-state index in [0.29, 0.717) is 21.4 Å². The van der Waals surface area contributed by atoms with Crippen LogP contribution < -0.4 is 4.74 Å². The minimum atomic E-state index is -0.168. The molecule has 0 bridgehead atoms. The summed E-state index contributed by atoms with van der Waals surface area (Å²) in [4.78, 5) is 14.1. The third-order valence-electron chi connectivity index (χ3n) is 3.74. The van der Waals surface area contributed by atoms with Crippen LogP contribution in [0.5, 0.6) is 5.75 Å². The van der Waals surface area contributed by atoms with Gasteiger partial charge >= 0.3 is 0 Å². The van der Waals surface area contributed by atoms with Crippen molar-refractivity contribution in [2.45, 2.75) is 6.04 Å². The molecule has 0 aliphatic carbocycles. The standard InChI is InChI=1S/C15H9Cl2NO2/c16-8-5-11-13-9-3-1-2-4-10(9)15(19)18(13)7-20-14(11)12(17)6-8/h1-6,13H,7H2/t13-/m0/s1. The number of fused-ring (bicyclic) bond motifs is 5. The first-order valence-electron chi connectivity index (χ1n) is 6.18. The number of hydrogen-bond acceptors (Lipinski definition) is 2. The number of nitrogens with zero attached hydrogens (tertiary/aromatic N) is 1. The van der Waals surface area contributed by atoms with E-state index in [1.54, 1.807) is 11.0 Å². The maximum Gasteiger partial charge on any atom is 0.257 e. The number of rotatable bonds is 0. The Labute approximate surface area is 125 Å². The van der Waals surface area contributed by atoms with Crippen LogP contribution in [0.4, 0.5) is 0 Å². The van der Waals surface area contributed by atoms with Crippen LogP contribution in [-0.2, 0) is 0 Å². The number of carbonyl (C=O) groups is 1. The van der Waals surface area contributed by atoms with Gasteiger partial charge in [0, 0.05) is 16.1 Å². The van der Waals surface area contributed by atoms with E-state index in [1.807, 2.05) is 30.3 Å². The summed E-state index contributed by atoms with van der Waals surface area (Å²) in [6.07, 6.45) is 0. The Balaban J connectivity index is 1.99. The number of benzene rings is 2. The van der Waals surface area contributed by atoms with Crippen molar-refractivity contribution in [1.82, 2.24) is 4.90 Å². The van der Waals surface area contributed by atoms with E-state index in [0.717, 1.165) is 11.1 Å². The summed E-state index contributed by atoms with van der Waals surface area (Å²) in [6, 6.07) is 10.9. The topological polar surface area (TPSA) is 29.5 Å². The van der Waals surface area contributed by atoms with Gasteiger partial charge in [-0.05, 0) is 23.8 Å². The van der Waals surface area contributed by atoms with E-state index < -0.39 is 0 Å². The van der Waals surface area contributed by atoms with Crippen LogP contribution in [0, 0.1) is 0 Å². The van der Waals surface area contributed by atoms with Gasteiger partial charge in [-0.2, -0.15) is 0 Å². The van der Waals surface area contributed by atoms with Crippen LogP contribution in [-0.4, -0.2) is 17.5 Å². The lowest BCUT2D eigenvalue weighted by molar-refractivity contribution is 0.0499. The molecule has 0 radical (unpaired) electrons. The summed E-state index contributed by atoms with van der Waals surface area (Å²) < 4.78 is 5.64. The van der Waals surface area contributed by atoms with Gasteiger partial charge in [0.2, 0.25) is 0 Å². The monoisotopic (exact) mass is 305 g/mol. The molecule has 20 heavy (non-hydrogen) atoms. The van der Waals surface area contributed by atoms with Crippen molar-refractivity contribution in [3.8, 4) is 5.75 Å². The Kier molecular flexibility index (Phi) is 2.50. The maximum atomic E-state index is 12.4. The highest BCUT2D eigenvalue weighted by Gasteiger charge is 2.42. The zero-order valence-corrected chi connectivity index (χ0v) is 11.8. The molecule has 0 saturated carbocycles. The Morgan fingerprint density at radius 3 is 2.80 bits per heavy atom. The van der Waals surface area contributed by atoms with Crippen molar-refractivity contribution in [2.75, 3.05) is 6.73 Å². The molecule has 100 valence electrons. The lowest BCUT2D eigenvalue weighted by Gasteiger charge is -2.32. The molecule has 1 amide bonds. The molecule has 2 aliphatic rings. The number of hydrogen-bond donors (Lipinski definition) is 0. The summed E-state index contributed by atoms with van der Waals surface area (Å²) in [5, 5.41) is 1.01. The van der Waals surface area contributed by atoms with Gasteiger partial charge in [-0.1, -0.05) is 41.4 Å². The molecule has 1 atom stereocenters. The van der Waals surface area contributed by atoms with Crippen LogP contribution >= 0.6 is 23.2 Å². The summed E-state index contributed by atoms with van der Waals surface area (Å²) in [6.45, 7) is 0.201. The summed E-state index contributed by atoms with van der Waals surface area (Å²) in [5.74, 6) is 0.592. The van der Waals surface area contributed by atoms with Crippen molar-refractivity contribution < 1.29 is 9.53 Å². The number of carbonyl (C=O) groups excluding carboxylic acids is 1. The molecular formula is C15H9Cl2NO2. The van der Waals surface area contributed by atoms with Gasteiger partial charge in [0.15, 0.2) is 6.73 Å². The van der Waals surface area contributed by atoms with Crippen LogP contribution in [0.1, 0.15) is 27.5 Å². The second kappa shape index (κ2) is 4.14. The molecule has 0 fully saturated rings. The predicted octanol–water partition coefficient (Wildman–Crippen LogP) is 3.89. The fraction of sp³-hybridized carbons (Fsp3) is 0.133. The maximum absolute atomic E-state index is 12.4. The largest absolute Gasteiger partial charge is 0.471 e. The van der Waals surface area contributed by atoms with Gasteiger partial charge in [-0.3, -0.25) is 9.69 Å². The van der Waals surface area contributed by atoms with Gasteiger partial charge in [0.1, 0.15) is 5.75 Å². The summed E-state index contributed by atoms with van der Waals surface area (Å²) in [5.41, 5.74) is 2.53. The average Bonchev–Trinajstić information content (AvgIpc) is 2.73. The molecule has 2 heterocycles. The zero-order valence-electron chi connectivity index (χ0n) is 10.3. The van der Waals surface area contributed by atoms with Gasteiger partial charge in [0.05, 0.1) is 11.1 Å². The Hall–Kier alpha value is -1.71. The fourth-order valence-corrected chi connectivity index (χ4v) is 3.47. The summed E-state index contributed by atoms with van der Waals surface area (Å²) >= 11 is 12.3. The molecule has 0 aromatic heterocycles. The average molecular weight is 306 g/mol. The third kappa shape index (κ3) is 1.51. The van der Waals surface area contributed by atoms with Gasteiger partial charge in [-0.15, -0.1) is 0 Å². The van der Waals surface area contributed by atoms with Crippen molar-refractivity contribution in [3.63, 3.8) is 0 Å². The fourth-order valence-electron chi connectivity index (χ4n) is 2.91. The lowest BCUT2D eigenvalue weighted by Crippen LogP contribution is -2.36. The molecule has 2 aromatic carbocycles. The second-order valence-electron chi connectivity index (χ2n) is 4.84. The van der Waals surface area contributed by atoms with Crippen LogP contribution in [0.3, 0.4) is 0 Å². The first-order valence-corrected chi connectivity index (χ1v) is 6.94. The van der Waals surface area contributed by atoms with Crippen molar-refractivity contribution >= 4 is 29.1 Å². The Morgan fingerprint density at radius 2 is 1.95 bits per heavy atom. The second-order valence-corrected chi connectivity index (χ2v) is 5.69. The van der Waals surface area contributed by atoms with E-state index in [4.69, 9.17) is 27.9 Å². The lowest BCUT2D eigenvalue weighted by atomic mass is 9.96. The quantitative estimate of drug-likeness (QED) is 0.739. The van der Waals surface area contributed by atoms with Crippen LogP contribution in [0.15, 0.2) is 36.4 Å². The SMILES string of the molecule is O=C1c2ccccc2[C@H]2c3cc(Cl)cc(Cl)c3OCN12. The smallest absolute Gasteiger partial charge is 0.257 e. The number of halogens is 2. The molecule has 0 spiro atoms. The first kappa shape index (κ1) is 12.1. The van der Waals surface area contributed by atoms with E-state index in [2.05, 4.69) is 0 Å². The molecule has 5 heteroatoms. The molecule has 0 saturated heterocycles. The van der Waals surface area contributed by atoms with Crippen LogP contribution in [0.25, 0.3) is 0 Å². The molecule has 0 unspecified atom stereocenters. The van der Waals surface area contributed by atoms with Crippen LogP contribution in [0.2, 0.25) is 10.0 Å². The Morgan fingerprint density at radius 1 is 1.15 bits per heavy atom. The first-order chi connectivity index (χ1) is 9.66. The van der Waals surface area contributed by atoms with E-state index >= 15 is 0 Å². The number of ether oxygens (including phenoxy) is 1. The number of amides is 1. The highest BCUT2D eigenvalue weighted by molar-refractivity contribution is 6.35. The van der Waals surface area contributed by atoms with E-state index in [-0.39, 0.29) is 18.7 Å². The highest BCUT2D eigenvalue weighted by atomic mass is 35.5. The molecule has 2 aliphatic heterocycles. The van der Waals surface area contributed by atoms with Gasteiger partial charge in [-0.25, -0.2) is 0 Å². The molecular weight excluding hydrogens is 297 g/mol. The zero-order chi connectivity index (χ0) is 13.9. The molecule has 3 nitrogen and oxygen atoms in total. The molecule has 4 rings (SSSR count). The Bertz CT molecular complexity index is 745. The van der Waals surface area contributed by atoms with Gasteiger partial charge in [0.25, 0.3) is 5.91 Å². The predicted molar refractivity (Wildman–Crippen MR) is 76.4 cm³/mol. The summed E-state index contributed by atoms with van der Waals surface area (Å²) in [7, 11) is 0.